The van der Waals surface area contributed by atoms with Crippen molar-refractivity contribution in [1.82, 2.24) is 10.1 Å². The zero-order valence-electron chi connectivity index (χ0n) is 14.6. The van der Waals surface area contributed by atoms with Crippen molar-refractivity contribution in [2.24, 2.45) is 0 Å². The summed E-state index contributed by atoms with van der Waals surface area (Å²) in [6, 6.07) is 7.80. The van der Waals surface area contributed by atoms with Crippen molar-refractivity contribution in [3.63, 3.8) is 0 Å². The van der Waals surface area contributed by atoms with Crippen LogP contribution in [0.5, 0.6) is 0 Å². The van der Waals surface area contributed by atoms with Gasteiger partial charge in [-0.15, -0.1) is 0 Å². The monoisotopic (exact) mass is 383 g/mol. The number of aromatic nitrogens is 1. The van der Waals surface area contributed by atoms with E-state index in [4.69, 9.17) is 10.3 Å². The number of para-hydroxylation sites is 1. The van der Waals surface area contributed by atoms with Gasteiger partial charge in [0.05, 0.1) is 5.56 Å². The number of benzene rings is 1. The number of nitrogens with zero attached hydrogens (tertiary/aromatic N) is 2. The van der Waals surface area contributed by atoms with E-state index in [1.54, 1.807) is 29.2 Å². The van der Waals surface area contributed by atoms with Gasteiger partial charge in [0.25, 0.3) is 5.91 Å². The number of carbonyl (C=O) groups excluding carboxylic acids is 1. The summed E-state index contributed by atoms with van der Waals surface area (Å²) in [6.07, 6.45) is -6.23. The molecule has 2 heterocycles. The summed E-state index contributed by atoms with van der Waals surface area (Å²) in [5, 5.41) is 12.7. The molecule has 1 aromatic heterocycles. The number of rotatable bonds is 3. The Kier molecular flexibility index (Phi) is 5.14. The van der Waals surface area contributed by atoms with Crippen LogP contribution in [0.2, 0.25) is 0 Å². The second-order valence-electron chi connectivity index (χ2n) is 6.77. The van der Waals surface area contributed by atoms with Crippen LogP contribution in [-0.4, -0.2) is 39.8 Å². The molecular weight excluding hydrogens is 363 g/mol. The Morgan fingerprint density at radius 2 is 2.07 bits per heavy atom. The normalized spacial score (nSPS) is 21.9. The van der Waals surface area contributed by atoms with E-state index >= 15 is 0 Å². The van der Waals surface area contributed by atoms with Crippen molar-refractivity contribution in [3.05, 3.63) is 47.3 Å². The van der Waals surface area contributed by atoms with Gasteiger partial charge in [0.1, 0.15) is 11.5 Å². The van der Waals surface area contributed by atoms with Gasteiger partial charge in [-0.05, 0) is 31.9 Å². The highest BCUT2D eigenvalue weighted by Crippen LogP contribution is 2.36. The molecule has 27 heavy (non-hydrogen) atoms. The third-order valence-corrected chi connectivity index (χ3v) is 4.87. The predicted octanol–water partition coefficient (Wildman–Crippen LogP) is 3.26. The van der Waals surface area contributed by atoms with Gasteiger partial charge in [-0.3, -0.25) is 4.79 Å². The molecule has 1 saturated heterocycles. The third-order valence-electron chi connectivity index (χ3n) is 4.87. The molecular formula is C18H20F3N3O3. The number of hydrogen-bond acceptors (Lipinski definition) is 5. The molecule has 0 radical (unpaired) electrons. The lowest BCUT2D eigenvalue weighted by Gasteiger charge is -2.37. The molecule has 0 unspecified atom stereocenters. The van der Waals surface area contributed by atoms with Gasteiger partial charge >= 0.3 is 6.18 Å². The number of amides is 1. The van der Waals surface area contributed by atoms with Crippen LogP contribution < -0.4 is 5.73 Å². The van der Waals surface area contributed by atoms with Gasteiger partial charge in [0.2, 0.25) is 0 Å². The van der Waals surface area contributed by atoms with E-state index in [0.29, 0.717) is 24.1 Å². The Hall–Kier alpha value is -2.55. The molecule has 0 bridgehead atoms. The van der Waals surface area contributed by atoms with Crippen molar-refractivity contribution < 1.29 is 27.6 Å². The maximum absolute atomic E-state index is 12.9. The highest BCUT2D eigenvalue weighted by molar-refractivity contribution is 5.99. The molecule has 146 valence electrons. The van der Waals surface area contributed by atoms with Gasteiger partial charge < -0.3 is 20.3 Å². The topological polar surface area (TPSA) is 92.6 Å². The van der Waals surface area contributed by atoms with Crippen LogP contribution in [0.3, 0.4) is 0 Å². The van der Waals surface area contributed by atoms with Gasteiger partial charge in [-0.2, -0.15) is 13.2 Å². The van der Waals surface area contributed by atoms with Crippen LogP contribution in [0.25, 0.3) is 0 Å². The second kappa shape index (κ2) is 7.22. The SMILES string of the molecule is C[C@@H]1CC[C@@H](c2cc([C@H](O)C(F)(F)F)no2)CN1C(=O)c1ccccc1N. The summed E-state index contributed by atoms with van der Waals surface area (Å²) in [6.45, 7) is 2.18. The number of likely N-dealkylation sites (tertiary alicyclic amines) is 1. The molecule has 6 nitrogen and oxygen atoms in total. The number of alkyl halides is 3. The van der Waals surface area contributed by atoms with Gasteiger partial charge in [-0.25, -0.2) is 0 Å². The highest BCUT2D eigenvalue weighted by Gasteiger charge is 2.42. The average Bonchev–Trinajstić information content (AvgIpc) is 3.10. The van der Waals surface area contributed by atoms with Crippen LogP contribution in [0.1, 0.15) is 53.6 Å². The molecule has 0 saturated carbocycles. The first-order valence-corrected chi connectivity index (χ1v) is 8.55. The summed E-state index contributed by atoms with van der Waals surface area (Å²) >= 11 is 0. The Bertz CT molecular complexity index is 821. The summed E-state index contributed by atoms with van der Waals surface area (Å²) < 4.78 is 42.9. The minimum atomic E-state index is -4.82. The van der Waals surface area contributed by atoms with Crippen molar-refractivity contribution in [3.8, 4) is 0 Å². The molecule has 0 spiro atoms. The van der Waals surface area contributed by atoms with Crippen LogP contribution in [0.15, 0.2) is 34.9 Å². The first-order valence-electron chi connectivity index (χ1n) is 8.55. The molecule has 3 rings (SSSR count). The van der Waals surface area contributed by atoms with Gasteiger partial charge in [-0.1, -0.05) is 17.3 Å². The molecule has 0 aliphatic carbocycles. The van der Waals surface area contributed by atoms with E-state index in [9.17, 15) is 23.1 Å². The smallest absolute Gasteiger partial charge is 0.398 e. The number of nitrogens with two attached hydrogens (primary N) is 1. The van der Waals surface area contributed by atoms with Crippen molar-refractivity contribution in [2.75, 3.05) is 12.3 Å². The fourth-order valence-electron chi connectivity index (χ4n) is 3.26. The molecule has 1 aromatic carbocycles. The molecule has 1 fully saturated rings. The van der Waals surface area contributed by atoms with Crippen LogP contribution >= 0.6 is 0 Å². The molecule has 3 N–H and O–H groups in total. The number of halogens is 3. The van der Waals surface area contributed by atoms with Crippen molar-refractivity contribution in [1.29, 1.82) is 0 Å². The average molecular weight is 383 g/mol. The number of carbonyl (C=O) groups is 1. The standard InChI is InChI=1S/C18H20F3N3O3/c1-10-6-7-11(15-8-14(23-27-15)16(25)18(19,20)21)9-24(10)17(26)12-4-2-3-5-13(12)22/h2-5,8,10-11,16,25H,6-7,9,22H2,1H3/t10-,11-,16+/m1/s1. The summed E-state index contributed by atoms with van der Waals surface area (Å²) in [5.41, 5.74) is 6.06. The largest absolute Gasteiger partial charge is 0.420 e. The molecule has 3 atom stereocenters. The van der Waals surface area contributed by atoms with Gasteiger partial charge in [0.15, 0.2) is 6.10 Å². The zero-order chi connectivity index (χ0) is 19.8. The van der Waals surface area contributed by atoms with Gasteiger partial charge in [0, 0.05) is 30.3 Å². The maximum Gasteiger partial charge on any atom is 0.420 e. The Balaban J connectivity index is 1.79. The number of anilines is 1. The van der Waals surface area contributed by atoms with E-state index in [-0.39, 0.29) is 30.2 Å². The zero-order valence-corrected chi connectivity index (χ0v) is 14.6. The number of aliphatic hydroxyl groups is 1. The Morgan fingerprint density at radius 1 is 1.37 bits per heavy atom. The fourth-order valence-corrected chi connectivity index (χ4v) is 3.26. The molecule has 1 aliphatic rings. The van der Waals surface area contributed by atoms with E-state index in [1.165, 1.54) is 0 Å². The van der Waals surface area contributed by atoms with E-state index < -0.39 is 18.0 Å². The van der Waals surface area contributed by atoms with Crippen LogP contribution in [0, 0.1) is 0 Å². The predicted molar refractivity (Wildman–Crippen MR) is 90.8 cm³/mol. The van der Waals surface area contributed by atoms with Crippen molar-refractivity contribution >= 4 is 11.6 Å². The number of nitrogen functional groups attached to an aromatic ring is 1. The van der Waals surface area contributed by atoms with Crippen LogP contribution in [0.4, 0.5) is 18.9 Å². The first-order chi connectivity index (χ1) is 12.7. The fraction of sp³-hybridized carbons (Fsp3) is 0.444. The number of piperidine rings is 1. The molecule has 1 aliphatic heterocycles. The minimum Gasteiger partial charge on any atom is -0.398 e. The van der Waals surface area contributed by atoms with E-state index in [2.05, 4.69) is 5.16 Å². The van der Waals surface area contributed by atoms with Crippen molar-refractivity contribution in [2.45, 2.75) is 44.0 Å². The Labute approximate surface area is 153 Å². The summed E-state index contributed by atoms with van der Waals surface area (Å²) in [7, 11) is 0. The first kappa shape index (κ1) is 19.2. The number of hydrogen-bond donors (Lipinski definition) is 2. The summed E-state index contributed by atoms with van der Waals surface area (Å²) in [4.78, 5) is 14.5. The quantitative estimate of drug-likeness (QED) is 0.794. The second-order valence-corrected chi connectivity index (χ2v) is 6.77. The summed E-state index contributed by atoms with van der Waals surface area (Å²) in [5.74, 6) is -0.323. The lowest BCUT2D eigenvalue weighted by atomic mass is 9.90. The maximum atomic E-state index is 12.9. The molecule has 1 amide bonds. The number of aliphatic hydroxyl groups excluding tert-OH is 1. The third kappa shape index (κ3) is 3.92. The lowest BCUT2D eigenvalue weighted by Crippen LogP contribution is -2.45. The molecule has 2 aromatic rings. The lowest BCUT2D eigenvalue weighted by molar-refractivity contribution is -0.208. The highest BCUT2D eigenvalue weighted by atomic mass is 19.4. The van der Waals surface area contributed by atoms with E-state index in [1.807, 2.05) is 6.92 Å². The molecule has 9 heteroatoms. The minimum absolute atomic E-state index is 0.0449. The Morgan fingerprint density at radius 3 is 2.74 bits per heavy atom. The van der Waals surface area contributed by atoms with Crippen LogP contribution in [-0.2, 0) is 0 Å². The van der Waals surface area contributed by atoms with E-state index in [0.717, 1.165) is 6.07 Å².